The Labute approximate surface area is 97.6 Å². The lowest BCUT2D eigenvalue weighted by Gasteiger charge is -2.31. The number of furan rings is 1. The second kappa shape index (κ2) is 4.60. The van der Waals surface area contributed by atoms with Crippen LogP contribution in [0.1, 0.15) is 32.4 Å². The molecule has 1 heterocycles. The summed E-state index contributed by atoms with van der Waals surface area (Å²) in [6, 6.07) is 4.75. The minimum absolute atomic E-state index is 0.190. The summed E-state index contributed by atoms with van der Waals surface area (Å²) in [5, 5.41) is 0. The molecule has 0 aliphatic heterocycles. The Balaban J connectivity index is 1.95. The van der Waals surface area contributed by atoms with Crippen LogP contribution < -0.4 is 5.73 Å². The zero-order valence-corrected chi connectivity index (χ0v) is 10.3. The molecule has 1 fully saturated rings. The fourth-order valence-electron chi connectivity index (χ4n) is 1.97. The summed E-state index contributed by atoms with van der Waals surface area (Å²) in [4.78, 5) is 2.51. The molecule has 0 amide bonds. The van der Waals surface area contributed by atoms with Crippen molar-refractivity contribution < 1.29 is 4.42 Å². The number of nitrogens with zero attached hydrogens (tertiary/aromatic N) is 1. The average molecular weight is 222 g/mol. The summed E-state index contributed by atoms with van der Waals surface area (Å²) in [6.07, 6.45) is 4.39. The van der Waals surface area contributed by atoms with Gasteiger partial charge in [-0.25, -0.2) is 0 Å². The highest BCUT2D eigenvalue weighted by atomic mass is 16.3. The SMILES string of the molecule is CC(C)(CN)CN(Cc1ccco1)C1CC1. The normalized spacial score (nSPS) is 17.0. The van der Waals surface area contributed by atoms with Crippen molar-refractivity contribution >= 4 is 0 Å². The van der Waals surface area contributed by atoms with Gasteiger partial charge in [-0.15, -0.1) is 0 Å². The molecule has 0 saturated heterocycles. The van der Waals surface area contributed by atoms with Crippen LogP contribution in [0, 0.1) is 5.41 Å². The second-order valence-electron chi connectivity index (χ2n) is 5.58. The third-order valence-corrected chi connectivity index (χ3v) is 3.19. The van der Waals surface area contributed by atoms with Crippen LogP contribution in [0.2, 0.25) is 0 Å². The van der Waals surface area contributed by atoms with E-state index in [1.165, 1.54) is 12.8 Å². The highest BCUT2D eigenvalue weighted by Gasteiger charge is 2.32. The van der Waals surface area contributed by atoms with Gasteiger partial charge in [0.2, 0.25) is 0 Å². The van der Waals surface area contributed by atoms with Crippen molar-refractivity contribution in [2.45, 2.75) is 39.3 Å². The van der Waals surface area contributed by atoms with Gasteiger partial charge in [0, 0.05) is 12.6 Å². The largest absolute Gasteiger partial charge is 0.468 e. The third kappa shape index (κ3) is 3.09. The van der Waals surface area contributed by atoms with E-state index >= 15 is 0 Å². The maximum Gasteiger partial charge on any atom is 0.117 e. The summed E-state index contributed by atoms with van der Waals surface area (Å²) >= 11 is 0. The van der Waals surface area contributed by atoms with E-state index in [4.69, 9.17) is 10.2 Å². The number of hydrogen-bond donors (Lipinski definition) is 1. The fraction of sp³-hybridized carbons (Fsp3) is 0.692. The van der Waals surface area contributed by atoms with E-state index in [2.05, 4.69) is 18.7 Å². The van der Waals surface area contributed by atoms with Gasteiger partial charge in [-0.05, 0) is 36.9 Å². The van der Waals surface area contributed by atoms with Gasteiger partial charge >= 0.3 is 0 Å². The van der Waals surface area contributed by atoms with Crippen LogP contribution in [-0.2, 0) is 6.54 Å². The number of rotatable bonds is 6. The highest BCUT2D eigenvalue weighted by molar-refractivity contribution is 5.00. The fourth-order valence-corrected chi connectivity index (χ4v) is 1.97. The Morgan fingerprint density at radius 3 is 2.75 bits per heavy atom. The minimum atomic E-state index is 0.190. The monoisotopic (exact) mass is 222 g/mol. The van der Waals surface area contributed by atoms with Crippen molar-refractivity contribution in [2.75, 3.05) is 13.1 Å². The molecule has 1 aromatic heterocycles. The molecule has 1 saturated carbocycles. The zero-order chi connectivity index (χ0) is 11.6. The number of hydrogen-bond acceptors (Lipinski definition) is 3. The molecule has 1 aromatic rings. The van der Waals surface area contributed by atoms with Crippen LogP contribution >= 0.6 is 0 Å². The molecule has 0 radical (unpaired) electrons. The highest BCUT2D eigenvalue weighted by Crippen LogP contribution is 2.31. The van der Waals surface area contributed by atoms with Crippen molar-refractivity contribution in [1.29, 1.82) is 0 Å². The van der Waals surface area contributed by atoms with E-state index in [1.807, 2.05) is 12.1 Å². The van der Waals surface area contributed by atoms with E-state index in [1.54, 1.807) is 6.26 Å². The Bertz CT molecular complexity index is 315. The van der Waals surface area contributed by atoms with Crippen LogP contribution in [0.5, 0.6) is 0 Å². The number of nitrogens with two attached hydrogens (primary N) is 1. The van der Waals surface area contributed by atoms with Crippen molar-refractivity contribution in [1.82, 2.24) is 4.90 Å². The molecule has 90 valence electrons. The van der Waals surface area contributed by atoms with Crippen molar-refractivity contribution in [2.24, 2.45) is 11.1 Å². The van der Waals surface area contributed by atoms with Crippen molar-refractivity contribution in [3.63, 3.8) is 0 Å². The lowest BCUT2D eigenvalue weighted by Crippen LogP contribution is -2.39. The smallest absolute Gasteiger partial charge is 0.117 e. The molecule has 2 N–H and O–H groups in total. The Hall–Kier alpha value is -0.800. The summed E-state index contributed by atoms with van der Waals surface area (Å²) in [5.41, 5.74) is 5.99. The van der Waals surface area contributed by atoms with Gasteiger partial charge in [0.05, 0.1) is 12.8 Å². The average Bonchev–Trinajstić information content (AvgIpc) is 2.97. The predicted molar refractivity (Wildman–Crippen MR) is 65.0 cm³/mol. The minimum Gasteiger partial charge on any atom is -0.468 e. The van der Waals surface area contributed by atoms with Crippen LogP contribution in [0.4, 0.5) is 0 Å². The zero-order valence-electron chi connectivity index (χ0n) is 10.3. The Morgan fingerprint density at radius 1 is 1.50 bits per heavy atom. The first-order valence-electron chi connectivity index (χ1n) is 6.07. The van der Waals surface area contributed by atoms with Gasteiger partial charge in [-0.2, -0.15) is 0 Å². The first kappa shape index (κ1) is 11.7. The van der Waals surface area contributed by atoms with Gasteiger partial charge in [0.15, 0.2) is 0 Å². The van der Waals surface area contributed by atoms with Crippen LogP contribution in [0.25, 0.3) is 0 Å². The topological polar surface area (TPSA) is 42.4 Å². The third-order valence-electron chi connectivity index (χ3n) is 3.19. The van der Waals surface area contributed by atoms with Crippen molar-refractivity contribution in [3.05, 3.63) is 24.2 Å². The van der Waals surface area contributed by atoms with Crippen LogP contribution in [0.3, 0.4) is 0 Å². The maximum absolute atomic E-state index is 5.80. The van der Waals surface area contributed by atoms with Crippen LogP contribution in [-0.4, -0.2) is 24.0 Å². The molecule has 1 aliphatic rings. The molecule has 16 heavy (non-hydrogen) atoms. The molecule has 3 heteroatoms. The van der Waals surface area contributed by atoms with E-state index in [0.717, 1.165) is 31.4 Å². The molecule has 3 nitrogen and oxygen atoms in total. The molecule has 0 bridgehead atoms. The molecule has 0 unspecified atom stereocenters. The molecule has 1 aliphatic carbocycles. The van der Waals surface area contributed by atoms with Gasteiger partial charge in [-0.3, -0.25) is 4.90 Å². The quantitative estimate of drug-likeness (QED) is 0.802. The summed E-state index contributed by atoms with van der Waals surface area (Å²) in [7, 11) is 0. The van der Waals surface area contributed by atoms with Gasteiger partial charge in [-0.1, -0.05) is 13.8 Å². The molecular formula is C13H22N2O. The van der Waals surface area contributed by atoms with E-state index in [-0.39, 0.29) is 5.41 Å². The van der Waals surface area contributed by atoms with Gasteiger partial charge < -0.3 is 10.2 Å². The predicted octanol–water partition coefficient (Wildman–Crippen LogP) is 2.23. The molecular weight excluding hydrogens is 200 g/mol. The maximum atomic E-state index is 5.80. The Kier molecular flexibility index (Phi) is 3.36. The summed E-state index contributed by atoms with van der Waals surface area (Å²) in [5.74, 6) is 1.06. The van der Waals surface area contributed by atoms with Gasteiger partial charge in [0.1, 0.15) is 5.76 Å². The van der Waals surface area contributed by atoms with E-state index in [9.17, 15) is 0 Å². The van der Waals surface area contributed by atoms with Crippen molar-refractivity contribution in [3.8, 4) is 0 Å². The second-order valence-corrected chi connectivity index (χ2v) is 5.58. The van der Waals surface area contributed by atoms with E-state index in [0.29, 0.717) is 0 Å². The molecule has 0 atom stereocenters. The lowest BCUT2D eigenvalue weighted by atomic mass is 9.93. The molecule has 2 rings (SSSR count). The summed E-state index contributed by atoms with van der Waals surface area (Å²) in [6.45, 7) is 7.15. The van der Waals surface area contributed by atoms with E-state index < -0.39 is 0 Å². The lowest BCUT2D eigenvalue weighted by molar-refractivity contribution is 0.157. The summed E-state index contributed by atoms with van der Waals surface area (Å²) < 4.78 is 5.42. The molecule has 0 aromatic carbocycles. The van der Waals surface area contributed by atoms with Gasteiger partial charge in [0.25, 0.3) is 0 Å². The first-order valence-corrected chi connectivity index (χ1v) is 6.07. The van der Waals surface area contributed by atoms with Crippen LogP contribution in [0.15, 0.2) is 22.8 Å². The molecule has 0 spiro atoms. The first-order chi connectivity index (χ1) is 7.61. The standard InChI is InChI=1S/C13H22N2O/c1-13(2,9-14)10-15(11-5-6-11)8-12-4-3-7-16-12/h3-4,7,11H,5-6,8-10,14H2,1-2H3. The Morgan fingerprint density at radius 2 is 2.25 bits per heavy atom.